The number of nitrogens with one attached hydrogen (secondary N) is 2. The predicted molar refractivity (Wildman–Crippen MR) is 145 cm³/mol. The van der Waals surface area contributed by atoms with Crippen LogP contribution in [0.25, 0.3) is 10.8 Å². The van der Waals surface area contributed by atoms with E-state index in [1.165, 1.54) is 30.3 Å². The summed E-state index contributed by atoms with van der Waals surface area (Å²) in [6, 6.07) is 23.5. The van der Waals surface area contributed by atoms with E-state index in [1.807, 2.05) is 30.3 Å². The smallest absolute Gasteiger partial charge is 0.251 e. The van der Waals surface area contributed by atoms with Gasteiger partial charge in [-0.1, -0.05) is 60.7 Å². The second-order valence-corrected chi connectivity index (χ2v) is 11.2. The molecule has 4 aromatic carbocycles. The molecule has 1 aliphatic heterocycles. The summed E-state index contributed by atoms with van der Waals surface area (Å²) in [5.41, 5.74) is 1.76. The lowest BCUT2D eigenvalue weighted by Crippen LogP contribution is -2.48. The number of sulfonamides is 1. The lowest BCUT2D eigenvalue weighted by Gasteiger charge is -2.26. The maximum Gasteiger partial charge on any atom is 0.251 e. The van der Waals surface area contributed by atoms with Gasteiger partial charge in [0, 0.05) is 17.4 Å². The molecular weight excluding hydrogens is 519 g/mol. The van der Waals surface area contributed by atoms with Crippen molar-refractivity contribution in [1.82, 2.24) is 10.0 Å². The van der Waals surface area contributed by atoms with Crippen LogP contribution < -0.4 is 10.0 Å². The van der Waals surface area contributed by atoms with E-state index in [4.69, 9.17) is 4.74 Å². The number of hydrogen-bond acceptors (Lipinski definition) is 5. The van der Waals surface area contributed by atoms with E-state index in [0.29, 0.717) is 29.5 Å². The van der Waals surface area contributed by atoms with Crippen molar-refractivity contribution in [3.8, 4) is 0 Å². The number of Topliss-reactive ketones (excluding diaryl/α,β-unsaturated/α-hetero) is 1. The summed E-state index contributed by atoms with van der Waals surface area (Å²) in [6.45, 7) is 0.659. The Kier molecular flexibility index (Phi) is 7.83. The Morgan fingerprint density at radius 3 is 2.26 bits per heavy atom. The van der Waals surface area contributed by atoms with Crippen molar-refractivity contribution < 1.29 is 27.1 Å². The monoisotopic (exact) mass is 546 g/mol. The average molecular weight is 547 g/mol. The molecular formula is C30H27FN2O5S. The SMILES string of the molecule is O=C(N[C@@H](Cc1ccccc1)C(=O)Cc1cccc2c(S(=O)(=O)NC3COC3)cccc12)c1ccc(F)cc1. The summed E-state index contributed by atoms with van der Waals surface area (Å²) in [5.74, 6) is -1.18. The van der Waals surface area contributed by atoms with Gasteiger partial charge in [0.05, 0.1) is 30.2 Å². The number of ketones is 1. The van der Waals surface area contributed by atoms with Gasteiger partial charge in [-0.25, -0.2) is 17.5 Å². The summed E-state index contributed by atoms with van der Waals surface area (Å²) in [5, 5.41) is 3.96. The molecule has 0 radical (unpaired) electrons. The second kappa shape index (κ2) is 11.4. The van der Waals surface area contributed by atoms with Crippen LogP contribution in [0, 0.1) is 5.82 Å². The number of carbonyl (C=O) groups is 2. The van der Waals surface area contributed by atoms with E-state index in [9.17, 15) is 22.4 Å². The lowest BCUT2D eigenvalue weighted by atomic mass is 9.94. The van der Waals surface area contributed by atoms with Gasteiger partial charge in [-0.3, -0.25) is 9.59 Å². The molecule has 1 fully saturated rings. The normalized spacial score (nSPS) is 14.5. The fourth-order valence-electron chi connectivity index (χ4n) is 4.57. The van der Waals surface area contributed by atoms with E-state index in [-0.39, 0.29) is 35.1 Å². The maximum absolute atomic E-state index is 13.6. The number of ether oxygens (including phenoxy) is 1. The number of halogens is 1. The Morgan fingerprint density at radius 1 is 0.872 bits per heavy atom. The van der Waals surface area contributed by atoms with E-state index in [0.717, 1.165) is 5.56 Å². The standard InChI is InChI=1S/C30H27FN2O5S/c31-23-14-12-21(13-15-23)30(35)32-27(16-20-6-2-1-3-7-20)28(34)17-22-8-4-10-26-25(22)9-5-11-29(26)39(36,37)33-24-18-38-19-24/h1-15,24,27,33H,16-19H2,(H,32,35)/t27-/m0/s1. The van der Waals surface area contributed by atoms with Crippen molar-refractivity contribution >= 4 is 32.5 Å². The number of fused-ring (bicyclic) bond motifs is 1. The van der Waals surface area contributed by atoms with Crippen molar-refractivity contribution in [2.45, 2.75) is 29.8 Å². The Hall–Kier alpha value is -3.92. The highest BCUT2D eigenvalue weighted by molar-refractivity contribution is 7.89. The van der Waals surface area contributed by atoms with Gasteiger partial charge in [-0.15, -0.1) is 0 Å². The zero-order valence-electron chi connectivity index (χ0n) is 21.0. The molecule has 0 saturated carbocycles. The van der Waals surface area contributed by atoms with Crippen LogP contribution in [0.15, 0.2) is 95.9 Å². The van der Waals surface area contributed by atoms with Crippen molar-refractivity contribution in [3.63, 3.8) is 0 Å². The van der Waals surface area contributed by atoms with Crippen LogP contribution in [0.2, 0.25) is 0 Å². The molecule has 0 aliphatic carbocycles. The molecule has 1 amide bonds. The lowest BCUT2D eigenvalue weighted by molar-refractivity contribution is -0.120. The Labute approximate surface area is 226 Å². The third kappa shape index (κ3) is 6.22. The molecule has 1 atom stereocenters. The summed E-state index contributed by atoms with van der Waals surface area (Å²) in [7, 11) is -3.80. The van der Waals surface area contributed by atoms with Crippen LogP contribution in [-0.2, 0) is 32.4 Å². The summed E-state index contributed by atoms with van der Waals surface area (Å²) < 4.78 is 47.2. The van der Waals surface area contributed by atoms with Gasteiger partial charge in [0.25, 0.3) is 5.91 Å². The van der Waals surface area contributed by atoms with E-state index in [1.54, 1.807) is 30.3 Å². The second-order valence-electron chi connectivity index (χ2n) is 9.49. The van der Waals surface area contributed by atoms with Gasteiger partial charge in [-0.2, -0.15) is 0 Å². The minimum atomic E-state index is -3.80. The topological polar surface area (TPSA) is 102 Å². The Bertz CT molecular complexity index is 1600. The molecule has 5 rings (SSSR count). The fourth-order valence-corrected chi connectivity index (χ4v) is 6.00. The van der Waals surface area contributed by atoms with E-state index < -0.39 is 27.8 Å². The van der Waals surface area contributed by atoms with Crippen molar-refractivity contribution in [3.05, 3.63) is 114 Å². The summed E-state index contributed by atoms with van der Waals surface area (Å²) in [4.78, 5) is 26.7. The first kappa shape index (κ1) is 26.7. The highest BCUT2D eigenvalue weighted by Gasteiger charge is 2.28. The first-order valence-corrected chi connectivity index (χ1v) is 14.0. The van der Waals surface area contributed by atoms with Gasteiger partial charge in [0.15, 0.2) is 5.78 Å². The van der Waals surface area contributed by atoms with Crippen LogP contribution in [-0.4, -0.2) is 45.4 Å². The van der Waals surface area contributed by atoms with E-state index in [2.05, 4.69) is 10.0 Å². The molecule has 0 bridgehead atoms. The molecule has 39 heavy (non-hydrogen) atoms. The number of amides is 1. The third-order valence-corrected chi connectivity index (χ3v) is 8.25. The van der Waals surface area contributed by atoms with Crippen molar-refractivity contribution in [1.29, 1.82) is 0 Å². The quantitative estimate of drug-likeness (QED) is 0.315. The Balaban J connectivity index is 1.42. The van der Waals surface area contributed by atoms with Gasteiger partial charge in [0.1, 0.15) is 5.82 Å². The molecule has 0 aromatic heterocycles. The van der Waals surface area contributed by atoms with Crippen LogP contribution in [0.5, 0.6) is 0 Å². The average Bonchev–Trinajstić information content (AvgIpc) is 2.91. The van der Waals surface area contributed by atoms with Crippen LogP contribution in [0.1, 0.15) is 21.5 Å². The zero-order chi connectivity index (χ0) is 27.4. The highest BCUT2D eigenvalue weighted by atomic mass is 32.2. The van der Waals surface area contributed by atoms with Gasteiger partial charge >= 0.3 is 0 Å². The molecule has 9 heteroatoms. The maximum atomic E-state index is 13.6. The molecule has 4 aromatic rings. The fraction of sp³-hybridized carbons (Fsp3) is 0.200. The minimum Gasteiger partial charge on any atom is -0.378 e. The summed E-state index contributed by atoms with van der Waals surface area (Å²) >= 11 is 0. The first-order valence-electron chi connectivity index (χ1n) is 12.5. The number of carbonyl (C=O) groups excluding carboxylic acids is 2. The predicted octanol–water partition coefficient (Wildman–Crippen LogP) is 3.81. The molecule has 1 aliphatic rings. The van der Waals surface area contributed by atoms with Crippen LogP contribution in [0.3, 0.4) is 0 Å². The summed E-state index contributed by atoms with van der Waals surface area (Å²) in [6.07, 6.45) is 0.246. The molecule has 2 N–H and O–H groups in total. The van der Waals surface area contributed by atoms with Gasteiger partial charge < -0.3 is 10.1 Å². The van der Waals surface area contributed by atoms with Crippen LogP contribution >= 0.6 is 0 Å². The van der Waals surface area contributed by atoms with Crippen LogP contribution in [0.4, 0.5) is 4.39 Å². The van der Waals surface area contributed by atoms with Crippen molar-refractivity contribution in [2.75, 3.05) is 13.2 Å². The highest BCUT2D eigenvalue weighted by Crippen LogP contribution is 2.27. The number of rotatable bonds is 10. The first-order chi connectivity index (χ1) is 18.8. The third-order valence-electron chi connectivity index (χ3n) is 6.67. The van der Waals surface area contributed by atoms with Gasteiger partial charge in [-0.05, 0) is 53.3 Å². The zero-order valence-corrected chi connectivity index (χ0v) is 21.8. The minimum absolute atomic E-state index is 0.0219. The van der Waals surface area contributed by atoms with Crippen molar-refractivity contribution in [2.24, 2.45) is 0 Å². The molecule has 0 spiro atoms. The molecule has 1 heterocycles. The molecule has 200 valence electrons. The molecule has 0 unspecified atom stereocenters. The number of benzene rings is 4. The molecule has 7 nitrogen and oxygen atoms in total. The number of hydrogen-bond donors (Lipinski definition) is 2. The van der Waals surface area contributed by atoms with Gasteiger partial charge in [0.2, 0.25) is 10.0 Å². The largest absolute Gasteiger partial charge is 0.378 e. The molecule has 1 saturated heterocycles. The van der Waals surface area contributed by atoms with E-state index >= 15 is 0 Å². The Morgan fingerprint density at radius 2 is 1.56 bits per heavy atom.